The minimum Gasteiger partial charge on any atom is -0.493 e. The Hall–Kier alpha value is -2.38. The molecule has 1 aromatic rings. The molecule has 2 amide bonds. The second-order valence-corrected chi connectivity index (χ2v) is 8.93. The van der Waals surface area contributed by atoms with Gasteiger partial charge in [-0.2, -0.15) is 0 Å². The predicted octanol–water partition coefficient (Wildman–Crippen LogP) is 3.34. The molecule has 0 bridgehead atoms. The predicted molar refractivity (Wildman–Crippen MR) is 123 cm³/mol. The Balaban J connectivity index is 1.90. The van der Waals surface area contributed by atoms with E-state index in [4.69, 9.17) is 14.2 Å². The van der Waals surface area contributed by atoms with Crippen LogP contribution in [0.25, 0.3) is 5.57 Å². The second kappa shape index (κ2) is 11.0. The van der Waals surface area contributed by atoms with Crippen LogP contribution in [0.5, 0.6) is 5.75 Å². The molecule has 1 aromatic carbocycles. The van der Waals surface area contributed by atoms with E-state index in [-0.39, 0.29) is 24.0 Å². The summed E-state index contributed by atoms with van der Waals surface area (Å²) in [6.45, 7) is 13.4. The van der Waals surface area contributed by atoms with Crippen molar-refractivity contribution < 1.29 is 23.8 Å². The molecule has 0 saturated carbocycles. The number of benzene rings is 1. The first-order chi connectivity index (χ1) is 15.3. The standard InChI is InChI=1S/C25H36N2O5/c1-6-30-13-7-12-27-24(28)22(20-8-10-21(11-9-20)31-16-17(2)3)23(25(27)29)26-14-18(4)32-19(5)15-26/h8-11,17-19H,6-7,12-16H2,1-5H3. The molecule has 2 heterocycles. The van der Waals surface area contributed by atoms with Crippen molar-refractivity contribution in [2.45, 2.75) is 53.2 Å². The van der Waals surface area contributed by atoms with E-state index in [1.54, 1.807) is 0 Å². The van der Waals surface area contributed by atoms with Crippen LogP contribution in [0, 0.1) is 5.92 Å². The van der Waals surface area contributed by atoms with Crippen molar-refractivity contribution in [3.8, 4) is 5.75 Å². The topological polar surface area (TPSA) is 68.3 Å². The normalized spacial score (nSPS) is 21.8. The highest BCUT2D eigenvalue weighted by Gasteiger charge is 2.42. The quantitative estimate of drug-likeness (QED) is 0.407. The molecule has 0 N–H and O–H groups in total. The van der Waals surface area contributed by atoms with Gasteiger partial charge < -0.3 is 19.1 Å². The molecule has 2 unspecified atom stereocenters. The fraction of sp³-hybridized carbons (Fsp3) is 0.600. The average Bonchev–Trinajstić information content (AvgIpc) is 2.99. The van der Waals surface area contributed by atoms with E-state index in [9.17, 15) is 9.59 Å². The first-order valence-corrected chi connectivity index (χ1v) is 11.6. The molecule has 2 atom stereocenters. The number of carbonyl (C=O) groups excluding carboxylic acids is 2. The molecule has 7 heteroatoms. The van der Waals surface area contributed by atoms with Gasteiger partial charge in [0.25, 0.3) is 11.8 Å². The maximum atomic E-state index is 13.4. The maximum Gasteiger partial charge on any atom is 0.277 e. The van der Waals surface area contributed by atoms with E-state index >= 15 is 0 Å². The van der Waals surface area contributed by atoms with E-state index in [2.05, 4.69) is 13.8 Å². The molecular formula is C25H36N2O5. The molecule has 0 aliphatic carbocycles. The Bertz CT molecular complexity index is 823. The summed E-state index contributed by atoms with van der Waals surface area (Å²) in [5.41, 5.74) is 1.67. The smallest absolute Gasteiger partial charge is 0.277 e. The van der Waals surface area contributed by atoms with E-state index in [0.29, 0.717) is 63.1 Å². The van der Waals surface area contributed by atoms with Crippen molar-refractivity contribution in [3.63, 3.8) is 0 Å². The summed E-state index contributed by atoms with van der Waals surface area (Å²) < 4.78 is 17.0. The fourth-order valence-electron chi connectivity index (χ4n) is 4.13. The van der Waals surface area contributed by atoms with Crippen molar-refractivity contribution in [3.05, 3.63) is 35.5 Å². The van der Waals surface area contributed by atoms with Gasteiger partial charge in [-0.1, -0.05) is 26.0 Å². The van der Waals surface area contributed by atoms with Crippen molar-refractivity contribution in [1.82, 2.24) is 9.80 Å². The minimum absolute atomic E-state index is 0.0192. The SMILES string of the molecule is CCOCCCN1C(=O)C(c2ccc(OCC(C)C)cc2)=C(N2CC(C)OC(C)C2)C1=O. The largest absolute Gasteiger partial charge is 0.493 e. The van der Waals surface area contributed by atoms with Crippen LogP contribution < -0.4 is 4.74 Å². The van der Waals surface area contributed by atoms with Gasteiger partial charge in [0.05, 0.1) is 24.4 Å². The number of carbonyl (C=O) groups is 2. The Kier molecular flexibility index (Phi) is 8.32. The summed E-state index contributed by atoms with van der Waals surface area (Å²) >= 11 is 0. The zero-order valence-corrected chi connectivity index (χ0v) is 19.9. The van der Waals surface area contributed by atoms with Crippen LogP contribution >= 0.6 is 0 Å². The Labute approximate surface area is 191 Å². The molecule has 0 aromatic heterocycles. The molecule has 2 aliphatic rings. The van der Waals surface area contributed by atoms with Gasteiger partial charge in [0.1, 0.15) is 11.4 Å². The third-order valence-electron chi connectivity index (χ3n) is 5.48. The molecule has 176 valence electrons. The van der Waals surface area contributed by atoms with Crippen molar-refractivity contribution in [2.24, 2.45) is 5.92 Å². The number of rotatable bonds is 10. The van der Waals surface area contributed by atoms with Gasteiger partial charge in [0.2, 0.25) is 0 Å². The van der Waals surface area contributed by atoms with Crippen LogP contribution in [0.15, 0.2) is 30.0 Å². The number of imide groups is 1. The highest BCUT2D eigenvalue weighted by molar-refractivity contribution is 6.35. The molecular weight excluding hydrogens is 408 g/mol. The van der Waals surface area contributed by atoms with Crippen LogP contribution in [0.3, 0.4) is 0 Å². The van der Waals surface area contributed by atoms with E-state index in [1.165, 1.54) is 4.90 Å². The lowest BCUT2D eigenvalue weighted by Gasteiger charge is -2.37. The van der Waals surface area contributed by atoms with Crippen molar-refractivity contribution in [2.75, 3.05) is 39.5 Å². The summed E-state index contributed by atoms with van der Waals surface area (Å²) in [6.07, 6.45) is 0.576. The highest BCUT2D eigenvalue weighted by atomic mass is 16.5. The summed E-state index contributed by atoms with van der Waals surface area (Å²) in [4.78, 5) is 30.2. The number of hydrogen-bond donors (Lipinski definition) is 0. The molecule has 2 aliphatic heterocycles. The molecule has 7 nitrogen and oxygen atoms in total. The monoisotopic (exact) mass is 444 g/mol. The van der Waals surface area contributed by atoms with Gasteiger partial charge in [-0.15, -0.1) is 0 Å². The van der Waals surface area contributed by atoms with Gasteiger partial charge in [0, 0.05) is 32.8 Å². The van der Waals surface area contributed by atoms with Crippen LogP contribution in [0.2, 0.25) is 0 Å². The van der Waals surface area contributed by atoms with Crippen LogP contribution in [-0.2, 0) is 19.1 Å². The third-order valence-corrected chi connectivity index (χ3v) is 5.48. The average molecular weight is 445 g/mol. The van der Waals surface area contributed by atoms with Gasteiger partial charge in [-0.05, 0) is 50.8 Å². The molecule has 1 fully saturated rings. The molecule has 3 rings (SSSR count). The minimum atomic E-state index is -0.246. The zero-order valence-electron chi connectivity index (χ0n) is 19.9. The van der Waals surface area contributed by atoms with Crippen molar-refractivity contribution >= 4 is 17.4 Å². The van der Waals surface area contributed by atoms with Crippen LogP contribution in [0.1, 0.15) is 46.6 Å². The molecule has 32 heavy (non-hydrogen) atoms. The number of hydrogen-bond acceptors (Lipinski definition) is 6. The first-order valence-electron chi connectivity index (χ1n) is 11.6. The lowest BCUT2D eigenvalue weighted by atomic mass is 10.0. The Morgan fingerprint density at radius 1 is 1.06 bits per heavy atom. The fourth-order valence-corrected chi connectivity index (χ4v) is 4.13. The maximum absolute atomic E-state index is 13.4. The first kappa shape index (κ1) is 24.3. The van der Waals surface area contributed by atoms with E-state index in [1.807, 2.05) is 49.9 Å². The lowest BCUT2D eigenvalue weighted by molar-refractivity contribution is -0.138. The summed E-state index contributed by atoms with van der Waals surface area (Å²) in [6, 6.07) is 7.46. The van der Waals surface area contributed by atoms with Crippen LogP contribution in [-0.4, -0.2) is 73.3 Å². The van der Waals surface area contributed by atoms with E-state index < -0.39 is 0 Å². The molecule has 0 radical (unpaired) electrons. The zero-order chi connectivity index (χ0) is 23.3. The van der Waals surface area contributed by atoms with E-state index in [0.717, 1.165) is 11.3 Å². The Morgan fingerprint density at radius 2 is 1.72 bits per heavy atom. The Morgan fingerprint density at radius 3 is 2.31 bits per heavy atom. The number of ether oxygens (including phenoxy) is 3. The van der Waals surface area contributed by atoms with Crippen LogP contribution in [0.4, 0.5) is 0 Å². The van der Waals surface area contributed by atoms with Gasteiger partial charge in [-0.3, -0.25) is 14.5 Å². The molecule has 0 spiro atoms. The number of amides is 2. The number of nitrogens with zero attached hydrogens (tertiary/aromatic N) is 2. The third kappa shape index (κ3) is 5.70. The van der Waals surface area contributed by atoms with Gasteiger partial charge >= 0.3 is 0 Å². The molecule has 1 saturated heterocycles. The van der Waals surface area contributed by atoms with Gasteiger partial charge in [0.15, 0.2) is 0 Å². The summed E-state index contributed by atoms with van der Waals surface area (Å²) in [7, 11) is 0. The van der Waals surface area contributed by atoms with Gasteiger partial charge in [-0.25, -0.2) is 0 Å². The van der Waals surface area contributed by atoms with Crippen molar-refractivity contribution in [1.29, 1.82) is 0 Å². The summed E-state index contributed by atoms with van der Waals surface area (Å²) in [5.74, 6) is 0.698. The second-order valence-electron chi connectivity index (χ2n) is 8.93. The lowest BCUT2D eigenvalue weighted by Crippen LogP contribution is -2.47. The highest BCUT2D eigenvalue weighted by Crippen LogP contribution is 2.34. The summed E-state index contributed by atoms with van der Waals surface area (Å²) in [5, 5.41) is 0. The number of morpholine rings is 1.